The average Bonchev–Trinajstić information content (AvgIpc) is 2.42. The third kappa shape index (κ3) is 11.5. The van der Waals surface area contributed by atoms with Crippen molar-refractivity contribution in [1.82, 2.24) is 21.3 Å². The molecule has 0 unspecified atom stereocenters. The summed E-state index contributed by atoms with van der Waals surface area (Å²) < 4.78 is 52.5. The summed E-state index contributed by atoms with van der Waals surface area (Å²) in [4.78, 5) is 0. The first-order valence-electron chi connectivity index (χ1n) is 6.03. The van der Waals surface area contributed by atoms with E-state index in [0.29, 0.717) is 0 Å². The fraction of sp³-hybridized carbons (Fsp3) is 1.00. The summed E-state index contributed by atoms with van der Waals surface area (Å²) in [5.74, 6) is 0. The van der Waals surface area contributed by atoms with E-state index in [9.17, 15) is 16.8 Å². The maximum absolute atomic E-state index is 9.37. The van der Waals surface area contributed by atoms with E-state index in [-0.39, 0.29) is 0 Å². The van der Waals surface area contributed by atoms with E-state index in [1.165, 1.54) is 0 Å². The van der Waals surface area contributed by atoms with Crippen LogP contribution < -0.4 is 21.3 Å². The fourth-order valence-electron chi connectivity index (χ4n) is 1.21. The molecule has 0 aromatic heterocycles. The second-order valence-electron chi connectivity index (χ2n) is 3.86. The van der Waals surface area contributed by atoms with Crippen molar-refractivity contribution in [2.75, 3.05) is 52.4 Å². The summed E-state index contributed by atoms with van der Waals surface area (Å²) in [6.45, 7) is 9.11. The number of hydrogen-bond acceptors (Lipinski definition) is 8. The lowest BCUT2D eigenvalue weighted by atomic mass is 10.4. The first-order chi connectivity index (χ1) is 9.25. The van der Waals surface area contributed by atoms with Crippen molar-refractivity contribution < 1.29 is 25.9 Å². The Bertz CT molecular complexity index is 365. The van der Waals surface area contributed by atoms with E-state index in [2.05, 4.69) is 21.3 Å². The number of rotatable bonds is 1. The summed E-state index contributed by atoms with van der Waals surface area (Å²) >= 11 is 0. The van der Waals surface area contributed by atoms with Gasteiger partial charge in [0.25, 0.3) is 0 Å². The van der Waals surface area contributed by atoms with E-state index in [4.69, 9.17) is 9.11 Å². The normalized spacial score (nSPS) is 19.9. The first-order valence-corrected chi connectivity index (χ1v) is 9.42. The van der Waals surface area contributed by atoms with Crippen LogP contribution in [0.25, 0.3) is 0 Å². The van der Waals surface area contributed by atoms with E-state index in [1.54, 1.807) is 0 Å². The van der Waals surface area contributed by atoms with Gasteiger partial charge >= 0.3 is 18.3 Å². The fourth-order valence-corrected chi connectivity index (χ4v) is 1.21. The molecule has 0 amide bonds. The van der Waals surface area contributed by atoms with Gasteiger partial charge in [-0.2, -0.15) is 16.8 Å². The van der Waals surface area contributed by atoms with Crippen molar-refractivity contribution in [3.8, 4) is 0 Å². The zero-order chi connectivity index (χ0) is 15.5. The molecule has 2 aliphatic rings. The van der Waals surface area contributed by atoms with E-state index < -0.39 is 18.3 Å². The predicted octanol–water partition coefficient (Wildman–Crippen LogP) is -2.96. The molecule has 122 valence electrons. The van der Waals surface area contributed by atoms with Crippen LogP contribution in [0.5, 0.6) is 0 Å². The largest absolute Gasteiger partial charge is 0.397 e. The van der Waals surface area contributed by atoms with Gasteiger partial charge in [-0.05, 0) is 0 Å². The minimum Gasteiger partial charge on any atom is -0.314 e. The highest BCUT2D eigenvalue weighted by molar-refractivity contribution is 8.62. The topological polar surface area (TPSA) is 157 Å². The molecule has 2 heterocycles. The minimum absolute atomic E-state index is 1.14. The van der Waals surface area contributed by atoms with Crippen molar-refractivity contribution >= 4 is 18.3 Å². The van der Waals surface area contributed by atoms with Gasteiger partial charge < -0.3 is 21.3 Å². The first kappa shape index (κ1) is 19.7. The Labute approximate surface area is 118 Å². The maximum atomic E-state index is 9.37. The zero-order valence-corrected chi connectivity index (χ0v) is 12.6. The van der Waals surface area contributed by atoms with Crippen molar-refractivity contribution in [1.29, 1.82) is 0 Å². The summed E-state index contributed by atoms with van der Waals surface area (Å²) in [6, 6.07) is 0. The van der Waals surface area contributed by atoms with Gasteiger partial charge in [-0.1, -0.05) is 0 Å². The Kier molecular flexibility index (Phi) is 10.2. The van der Waals surface area contributed by atoms with E-state index in [1.807, 2.05) is 0 Å². The van der Waals surface area contributed by atoms with Crippen LogP contribution >= 0.6 is 0 Å². The van der Waals surface area contributed by atoms with Gasteiger partial charge in [0.15, 0.2) is 0 Å². The Balaban J connectivity index is 0.000000274. The molecule has 0 bridgehead atoms. The lowest BCUT2D eigenvalue weighted by Crippen LogP contribution is -2.39. The smallest absolute Gasteiger partial charge is 0.314 e. The van der Waals surface area contributed by atoms with Crippen LogP contribution in [0.15, 0.2) is 0 Å². The van der Waals surface area contributed by atoms with E-state index >= 15 is 0 Å². The van der Waals surface area contributed by atoms with Gasteiger partial charge in [0.1, 0.15) is 0 Å². The molecule has 0 aromatic carbocycles. The Morgan fingerprint density at radius 3 is 0.700 bits per heavy atom. The second-order valence-corrected chi connectivity index (χ2v) is 8.09. The summed E-state index contributed by atoms with van der Waals surface area (Å²) in [7, 11) is -10.6. The lowest BCUT2D eigenvalue weighted by molar-refractivity contribution is 0.460. The molecule has 6 N–H and O–H groups in total. The highest BCUT2D eigenvalue weighted by atomic mass is 33.2. The van der Waals surface area contributed by atoms with Crippen molar-refractivity contribution in [3.05, 3.63) is 0 Å². The minimum atomic E-state index is -5.31. The van der Waals surface area contributed by atoms with Crippen LogP contribution in [0.2, 0.25) is 0 Å². The molecule has 12 heteroatoms. The van der Waals surface area contributed by atoms with Crippen LogP contribution in [0, 0.1) is 0 Å². The highest BCUT2D eigenvalue weighted by Crippen LogP contribution is 1.90. The van der Waals surface area contributed by atoms with Gasteiger partial charge in [0.05, 0.1) is 0 Å². The number of piperazine rings is 2. The summed E-state index contributed by atoms with van der Waals surface area (Å²) in [5.41, 5.74) is 0. The highest BCUT2D eigenvalue weighted by Gasteiger charge is 2.22. The average molecular weight is 334 g/mol. The van der Waals surface area contributed by atoms with E-state index in [0.717, 1.165) is 52.4 Å². The molecule has 0 spiro atoms. The molecule has 10 nitrogen and oxygen atoms in total. The molecule has 2 fully saturated rings. The van der Waals surface area contributed by atoms with Gasteiger partial charge in [-0.3, -0.25) is 9.11 Å². The molecule has 2 aliphatic heterocycles. The maximum Gasteiger partial charge on any atom is 0.397 e. The molecule has 0 radical (unpaired) electrons. The molecule has 20 heavy (non-hydrogen) atoms. The van der Waals surface area contributed by atoms with Crippen LogP contribution in [-0.4, -0.2) is 78.3 Å². The Hall–Kier alpha value is -0.340. The molecule has 0 atom stereocenters. The molecular weight excluding hydrogens is 312 g/mol. The molecular formula is C8H22N4O6S2. The summed E-state index contributed by atoms with van der Waals surface area (Å²) in [5, 5.41) is 12.9. The SMILES string of the molecule is C1CNCCN1.C1CNCCN1.O=S(=O)(O)S(=O)(=O)O. The molecule has 0 aromatic rings. The van der Waals surface area contributed by atoms with Gasteiger partial charge in [-0.15, -0.1) is 0 Å². The van der Waals surface area contributed by atoms with Crippen molar-refractivity contribution in [2.45, 2.75) is 0 Å². The molecule has 0 saturated carbocycles. The van der Waals surface area contributed by atoms with Crippen LogP contribution in [0.1, 0.15) is 0 Å². The quantitative estimate of drug-likeness (QED) is 0.216. The summed E-state index contributed by atoms with van der Waals surface area (Å²) in [6.07, 6.45) is 0. The third-order valence-electron chi connectivity index (χ3n) is 2.18. The van der Waals surface area contributed by atoms with Crippen molar-refractivity contribution in [3.63, 3.8) is 0 Å². The van der Waals surface area contributed by atoms with Gasteiger partial charge in [-0.25, -0.2) is 0 Å². The van der Waals surface area contributed by atoms with Crippen LogP contribution in [-0.2, 0) is 18.3 Å². The van der Waals surface area contributed by atoms with Gasteiger partial charge in [0.2, 0.25) is 0 Å². The number of nitrogens with one attached hydrogen (secondary N) is 4. The monoisotopic (exact) mass is 334 g/mol. The standard InChI is InChI=1S/2C4H10N2.H2O6S2/c2*1-2-6-4-3-5-1;1-7(2,3)8(4,5)6/h2*5-6H,1-4H2;(H,1,2,3)(H,4,5,6). The zero-order valence-electron chi connectivity index (χ0n) is 11.0. The Morgan fingerprint density at radius 1 is 0.500 bits per heavy atom. The number of hydrogen-bond donors (Lipinski definition) is 6. The third-order valence-corrected chi connectivity index (χ3v) is 4.31. The molecule has 0 aliphatic carbocycles. The second kappa shape index (κ2) is 10.4. The van der Waals surface area contributed by atoms with Crippen LogP contribution in [0.4, 0.5) is 0 Å². The van der Waals surface area contributed by atoms with Crippen molar-refractivity contribution in [2.24, 2.45) is 0 Å². The molecule has 2 saturated heterocycles. The Morgan fingerprint density at radius 2 is 0.650 bits per heavy atom. The lowest BCUT2D eigenvalue weighted by Gasteiger charge is -2.11. The predicted molar refractivity (Wildman–Crippen MR) is 74.6 cm³/mol. The molecule has 2 rings (SSSR count). The van der Waals surface area contributed by atoms with Gasteiger partial charge in [0, 0.05) is 52.4 Å². The van der Waals surface area contributed by atoms with Crippen LogP contribution in [0.3, 0.4) is 0 Å².